The minimum Gasteiger partial charge on any atom is -0.485 e. The van der Waals surface area contributed by atoms with Crippen LogP contribution in [0, 0.1) is 25.5 Å². The summed E-state index contributed by atoms with van der Waals surface area (Å²) in [7, 11) is 0. The SMILES string of the molecule is C=CCn1c(COc2cc(C)ccc2C)nnc1SCC(=O)Nc1ccc(F)cc1F. The van der Waals surface area contributed by atoms with Crippen molar-refractivity contribution in [3.8, 4) is 5.75 Å². The second kappa shape index (κ2) is 10.2. The lowest BCUT2D eigenvalue weighted by Crippen LogP contribution is -2.16. The van der Waals surface area contributed by atoms with Crippen LogP contribution in [-0.4, -0.2) is 26.4 Å². The highest BCUT2D eigenvalue weighted by Gasteiger charge is 2.15. The average molecular weight is 445 g/mol. The summed E-state index contributed by atoms with van der Waals surface area (Å²) in [6, 6.07) is 8.93. The maximum Gasteiger partial charge on any atom is 0.234 e. The molecule has 3 aromatic rings. The first-order chi connectivity index (χ1) is 14.9. The van der Waals surface area contributed by atoms with Crippen LogP contribution >= 0.6 is 11.8 Å². The van der Waals surface area contributed by atoms with Crippen LogP contribution in [0.3, 0.4) is 0 Å². The second-order valence-electron chi connectivity index (χ2n) is 6.82. The molecule has 1 heterocycles. The molecular formula is C22H22F2N4O2S. The monoisotopic (exact) mass is 444 g/mol. The Morgan fingerprint density at radius 3 is 2.77 bits per heavy atom. The molecule has 0 fully saturated rings. The first kappa shape index (κ1) is 22.5. The highest BCUT2D eigenvalue weighted by Crippen LogP contribution is 2.22. The van der Waals surface area contributed by atoms with E-state index in [1.54, 1.807) is 10.6 Å². The number of anilines is 1. The van der Waals surface area contributed by atoms with E-state index in [4.69, 9.17) is 4.74 Å². The van der Waals surface area contributed by atoms with Crippen molar-refractivity contribution in [2.75, 3.05) is 11.1 Å². The molecule has 3 rings (SSSR count). The summed E-state index contributed by atoms with van der Waals surface area (Å²) >= 11 is 1.15. The molecular weight excluding hydrogens is 422 g/mol. The zero-order chi connectivity index (χ0) is 22.4. The Morgan fingerprint density at radius 2 is 2.03 bits per heavy atom. The maximum absolute atomic E-state index is 13.7. The molecule has 0 unspecified atom stereocenters. The average Bonchev–Trinajstić information content (AvgIpc) is 3.11. The molecule has 0 aliphatic rings. The molecule has 0 atom stereocenters. The number of halogens is 2. The molecule has 0 radical (unpaired) electrons. The summed E-state index contributed by atoms with van der Waals surface area (Å²) in [4.78, 5) is 12.2. The van der Waals surface area contributed by atoms with Gasteiger partial charge < -0.3 is 10.1 Å². The van der Waals surface area contributed by atoms with Crippen LogP contribution in [-0.2, 0) is 17.9 Å². The molecule has 6 nitrogen and oxygen atoms in total. The number of nitrogens with one attached hydrogen (secondary N) is 1. The van der Waals surface area contributed by atoms with Crippen molar-refractivity contribution in [1.82, 2.24) is 14.8 Å². The number of rotatable bonds is 9. The van der Waals surface area contributed by atoms with Crippen molar-refractivity contribution in [1.29, 1.82) is 0 Å². The van der Waals surface area contributed by atoms with Gasteiger partial charge in [0.1, 0.15) is 24.0 Å². The second-order valence-corrected chi connectivity index (χ2v) is 7.76. The molecule has 0 aliphatic heterocycles. The number of thioether (sulfide) groups is 1. The molecule has 0 saturated carbocycles. The van der Waals surface area contributed by atoms with E-state index in [1.165, 1.54) is 6.07 Å². The fourth-order valence-electron chi connectivity index (χ4n) is 2.76. The molecule has 0 bridgehead atoms. The van der Waals surface area contributed by atoms with Gasteiger partial charge >= 0.3 is 0 Å². The van der Waals surface area contributed by atoms with Gasteiger partial charge in [0.2, 0.25) is 5.91 Å². The third-order valence-electron chi connectivity index (χ3n) is 4.34. The number of amides is 1. The minimum absolute atomic E-state index is 0.0239. The number of aryl methyl sites for hydroxylation is 2. The third-order valence-corrected chi connectivity index (χ3v) is 5.31. The van der Waals surface area contributed by atoms with Crippen molar-refractivity contribution < 1.29 is 18.3 Å². The maximum atomic E-state index is 13.7. The lowest BCUT2D eigenvalue weighted by molar-refractivity contribution is -0.113. The van der Waals surface area contributed by atoms with E-state index in [0.717, 1.165) is 34.7 Å². The lowest BCUT2D eigenvalue weighted by atomic mass is 10.1. The van der Waals surface area contributed by atoms with Gasteiger partial charge in [-0.3, -0.25) is 9.36 Å². The predicted molar refractivity (Wildman–Crippen MR) is 116 cm³/mol. The topological polar surface area (TPSA) is 69.0 Å². The van der Waals surface area contributed by atoms with E-state index < -0.39 is 17.5 Å². The van der Waals surface area contributed by atoms with Gasteiger partial charge in [-0.2, -0.15) is 0 Å². The first-order valence-electron chi connectivity index (χ1n) is 9.48. The van der Waals surface area contributed by atoms with E-state index in [2.05, 4.69) is 22.1 Å². The van der Waals surface area contributed by atoms with Crippen LogP contribution in [0.4, 0.5) is 14.5 Å². The molecule has 162 valence electrons. The van der Waals surface area contributed by atoms with Gasteiger partial charge in [0.05, 0.1) is 11.4 Å². The number of benzene rings is 2. The summed E-state index contributed by atoms with van der Waals surface area (Å²) in [5.41, 5.74) is 2.02. The number of carbonyl (C=O) groups excluding carboxylic acids is 1. The summed E-state index contributed by atoms with van der Waals surface area (Å²) in [6.45, 7) is 8.35. The van der Waals surface area contributed by atoms with Crippen LogP contribution in [0.2, 0.25) is 0 Å². The van der Waals surface area contributed by atoms with E-state index in [1.807, 2.05) is 32.0 Å². The number of allylic oxidation sites excluding steroid dienone is 1. The first-order valence-corrected chi connectivity index (χ1v) is 10.5. The summed E-state index contributed by atoms with van der Waals surface area (Å²) in [5, 5.41) is 11.2. The zero-order valence-electron chi connectivity index (χ0n) is 17.2. The minimum atomic E-state index is -0.834. The van der Waals surface area contributed by atoms with Crippen LogP contribution < -0.4 is 10.1 Å². The largest absolute Gasteiger partial charge is 0.485 e. The van der Waals surface area contributed by atoms with Crippen molar-refractivity contribution >= 4 is 23.4 Å². The van der Waals surface area contributed by atoms with Gasteiger partial charge in [-0.15, -0.1) is 16.8 Å². The summed E-state index contributed by atoms with van der Waals surface area (Å²) < 4.78 is 34.4. The Morgan fingerprint density at radius 1 is 1.23 bits per heavy atom. The Labute approximate surface area is 183 Å². The number of nitrogens with zero attached hydrogens (tertiary/aromatic N) is 3. The van der Waals surface area contributed by atoms with Crippen molar-refractivity contribution in [2.24, 2.45) is 0 Å². The van der Waals surface area contributed by atoms with Crippen molar-refractivity contribution in [3.05, 3.63) is 77.6 Å². The molecule has 1 aromatic heterocycles. The Balaban J connectivity index is 1.64. The number of hydrogen-bond acceptors (Lipinski definition) is 5. The molecule has 1 N–H and O–H groups in total. The van der Waals surface area contributed by atoms with Gasteiger partial charge in [-0.05, 0) is 43.2 Å². The predicted octanol–water partition coefficient (Wildman–Crippen LogP) is 4.67. The highest BCUT2D eigenvalue weighted by molar-refractivity contribution is 7.99. The fourth-order valence-corrected chi connectivity index (χ4v) is 3.52. The molecule has 31 heavy (non-hydrogen) atoms. The molecule has 0 saturated heterocycles. The van der Waals surface area contributed by atoms with Gasteiger partial charge in [0.15, 0.2) is 11.0 Å². The van der Waals surface area contributed by atoms with E-state index >= 15 is 0 Å². The Hall–Kier alpha value is -3.20. The van der Waals surface area contributed by atoms with Crippen LogP contribution in [0.15, 0.2) is 54.2 Å². The highest BCUT2D eigenvalue weighted by atomic mass is 32.2. The number of aromatic nitrogens is 3. The van der Waals surface area contributed by atoms with Gasteiger partial charge in [0, 0.05) is 12.6 Å². The Kier molecular flexibility index (Phi) is 7.41. The zero-order valence-corrected chi connectivity index (χ0v) is 18.0. The number of ether oxygens (including phenoxy) is 1. The summed E-state index contributed by atoms with van der Waals surface area (Å²) in [6.07, 6.45) is 1.70. The van der Waals surface area contributed by atoms with Crippen LogP contribution in [0.5, 0.6) is 5.75 Å². The molecule has 0 aliphatic carbocycles. The standard InChI is InChI=1S/C22H22F2N4O2S/c1-4-9-28-20(12-30-19-10-14(2)5-6-15(19)3)26-27-22(28)31-13-21(29)25-18-8-7-16(23)11-17(18)24/h4-8,10-11H,1,9,12-13H2,2-3H3,(H,25,29). The third kappa shape index (κ3) is 5.91. The van der Waals surface area contributed by atoms with E-state index in [9.17, 15) is 13.6 Å². The number of carbonyl (C=O) groups is 1. The summed E-state index contributed by atoms with van der Waals surface area (Å²) in [5.74, 6) is -0.658. The van der Waals surface area contributed by atoms with E-state index in [-0.39, 0.29) is 18.0 Å². The number of hydrogen-bond donors (Lipinski definition) is 1. The molecule has 1 amide bonds. The van der Waals surface area contributed by atoms with Crippen LogP contribution in [0.1, 0.15) is 17.0 Å². The van der Waals surface area contributed by atoms with Crippen molar-refractivity contribution in [2.45, 2.75) is 32.2 Å². The quantitative estimate of drug-likeness (QED) is 0.384. The Bertz CT molecular complexity index is 1100. The van der Waals surface area contributed by atoms with Gasteiger partial charge in [-0.25, -0.2) is 8.78 Å². The van der Waals surface area contributed by atoms with Gasteiger partial charge in [-0.1, -0.05) is 30.0 Å². The molecule has 2 aromatic carbocycles. The molecule has 9 heteroatoms. The van der Waals surface area contributed by atoms with Gasteiger partial charge in [0.25, 0.3) is 0 Å². The smallest absolute Gasteiger partial charge is 0.234 e. The van der Waals surface area contributed by atoms with E-state index in [0.29, 0.717) is 23.6 Å². The normalized spacial score (nSPS) is 10.7. The lowest BCUT2D eigenvalue weighted by Gasteiger charge is -2.11. The van der Waals surface area contributed by atoms with Crippen molar-refractivity contribution in [3.63, 3.8) is 0 Å². The van der Waals surface area contributed by atoms with Crippen LogP contribution in [0.25, 0.3) is 0 Å². The fraction of sp³-hybridized carbons (Fsp3) is 0.227. The molecule has 0 spiro atoms.